The van der Waals surface area contributed by atoms with Gasteiger partial charge in [0.15, 0.2) is 0 Å². The number of nitrogens with zero attached hydrogens (tertiary/aromatic N) is 1. The van der Waals surface area contributed by atoms with E-state index >= 15 is 0 Å². The molecule has 0 bridgehead atoms. The van der Waals surface area contributed by atoms with Gasteiger partial charge in [-0.25, -0.2) is 0 Å². The summed E-state index contributed by atoms with van der Waals surface area (Å²) in [5, 5.41) is 3.65. The third kappa shape index (κ3) is 2.96. The molecule has 1 aromatic carbocycles. The number of para-hydroxylation sites is 1. The Morgan fingerprint density at radius 3 is 2.72 bits per heavy atom. The fourth-order valence-electron chi connectivity index (χ4n) is 2.29. The Morgan fingerprint density at radius 2 is 2.06 bits per heavy atom. The third-order valence-corrected chi connectivity index (χ3v) is 3.56. The van der Waals surface area contributed by atoms with E-state index in [-0.39, 0.29) is 5.91 Å². The summed E-state index contributed by atoms with van der Waals surface area (Å²) in [6, 6.07) is 5.68. The van der Waals surface area contributed by atoms with Crippen molar-refractivity contribution in [3.63, 3.8) is 0 Å². The van der Waals surface area contributed by atoms with Crippen LogP contribution in [0.5, 0.6) is 0 Å². The maximum atomic E-state index is 11.6. The van der Waals surface area contributed by atoms with Crippen LogP contribution in [0.25, 0.3) is 0 Å². The van der Waals surface area contributed by atoms with Gasteiger partial charge in [-0.3, -0.25) is 4.79 Å². The lowest BCUT2D eigenvalue weighted by Crippen LogP contribution is -2.30. The molecule has 98 valence electrons. The lowest BCUT2D eigenvalue weighted by atomic mass is 10.1. The quantitative estimate of drug-likeness (QED) is 0.905. The SMILES string of the molecule is CCC(=O)Nc1cccc(Cl)c1N1CCCCC1. The highest BCUT2D eigenvalue weighted by Crippen LogP contribution is 2.35. The minimum absolute atomic E-state index is 0.0236. The number of carbonyl (C=O) groups excluding carboxylic acids is 1. The average molecular weight is 267 g/mol. The van der Waals surface area contributed by atoms with Gasteiger partial charge >= 0.3 is 0 Å². The van der Waals surface area contributed by atoms with Crippen molar-refractivity contribution in [2.45, 2.75) is 32.6 Å². The maximum Gasteiger partial charge on any atom is 0.224 e. The molecule has 1 N–H and O–H groups in total. The van der Waals surface area contributed by atoms with Crippen LogP contribution in [0.3, 0.4) is 0 Å². The first-order valence-electron chi connectivity index (χ1n) is 6.55. The fourth-order valence-corrected chi connectivity index (χ4v) is 2.59. The standard InChI is InChI=1S/C14H19ClN2O/c1-2-13(18)16-12-8-6-7-11(15)14(12)17-9-4-3-5-10-17/h6-8H,2-5,9-10H2,1H3,(H,16,18). The third-order valence-electron chi connectivity index (χ3n) is 3.25. The second-order valence-corrected chi connectivity index (χ2v) is 4.99. The van der Waals surface area contributed by atoms with Gasteiger partial charge in [-0.2, -0.15) is 0 Å². The van der Waals surface area contributed by atoms with Crippen molar-refractivity contribution >= 4 is 28.9 Å². The van der Waals surface area contributed by atoms with Gasteiger partial charge in [-0.05, 0) is 31.4 Å². The van der Waals surface area contributed by atoms with Crippen molar-refractivity contribution < 1.29 is 4.79 Å². The van der Waals surface area contributed by atoms with E-state index in [0.717, 1.165) is 24.5 Å². The van der Waals surface area contributed by atoms with Gasteiger partial charge in [0.25, 0.3) is 0 Å². The molecule has 3 nitrogen and oxygen atoms in total. The van der Waals surface area contributed by atoms with Crippen molar-refractivity contribution in [1.29, 1.82) is 0 Å². The molecule has 0 aliphatic carbocycles. The number of carbonyl (C=O) groups is 1. The van der Waals surface area contributed by atoms with E-state index in [4.69, 9.17) is 11.6 Å². The molecule has 0 atom stereocenters. The second kappa shape index (κ2) is 6.10. The monoisotopic (exact) mass is 266 g/mol. The fraction of sp³-hybridized carbons (Fsp3) is 0.500. The number of amides is 1. The molecular formula is C14H19ClN2O. The van der Waals surface area contributed by atoms with Crippen molar-refractivity contribution in [2.75, 3.05) is 23.3 Å². The van der Waals surface area contributed by atoms with Crippen LogP contribution in [0.15, 0.2) is 18.2 Å². The van der Waals surface area contributed by atoms with Crippen LogP contribution in [0, 0.1) is 0 Å². The number of benzene rings is 1. The summed E-state index contributed by atoms with van der Waals surface area (Å²) in [6.07, 6.45) is 4.13. The largest absolute Gasteiger partial charge is 0.369 e. The molecule has 1 aromatic rings. The number of hydrogen-bond donors (Lipinski definition) is 1. The van der Waals surface area contributed by atoms with Crippen LogP contribution in [0.1, 0.15) is 32.6 Å². The Balaban J connectivity index is 2.28. The predicted molar refractivity (Wildman–Crippen MR) is 76.4 cm³/mol. The Morgan fingerprint density at radius 1 is 1.33 bits per heavy atom. The Labute approximate surface area is 113 Å². The van der Waals surface area contributed by atoms with E-state index in [2.05, 4.69) is 10.2 Å². The highest BCUT2D eigenvalue weighted by Gasteiger charge is 2.18. The minimum Gasteiger partial charge on any atom is -0.369 e. The summed E-state index contributed by atoms with van der Waals surface area (Å²) in [7, 11) is 0. The van der Waals surface area contributed by atoms with Gasteiger partial charge in [0, 0.05) is 19.5 Å². The zero-order chi connectivity index (χ0) is 13.0. The smallest absolute Gasteiger partial charge is 0.224 e. The first kappa shape index (κ1) is 13.2. The van der Waals surface area contributed by atoms with Crippen molar-refractivity contribution in [3.8, 4) is 0 Å². The van der Waals surface area contributed by atoms with Gasteiger partial charge < -0.3 is 10.2 Å². The van der Waals surface area contributed by atoms with Crippen LogP contribution in [-0.4, -0.2) is 19.0 Å². The van der Waals surface area contributed by atoms with Gasteiger partial charge in [0.1, 0.15) is 0 Å². The van der Waals surface area contributed by atoms with Crippen molar-refractivity contribution in [1.82, 2.24) is 0 Å². The molecule has 1 aliphatic heterocycles. The first-order chi connectivity index (χ1) is 8.72. The molecule has 0 saturated carbocycles. The number of piperidine rings is 1. The maximum absolute atomic E-state index is 11.6. The normalized spacial score (nSPS) is 15.6. The summed E-state index contributed by atoms with van der Waals surface area (Å²) in [5.41, 5.74) is 1.80. The highest BCUT2D eigenvalue weighted by atomic mass is 35.5. The molecule has 0 aromatic heterocycles. The molecular weight excluding hydrogens is 248 g/mol. The van der Waals surface area contributed by atoms with E-state index in [1.165, 1.54) is 19.3 Å². The summed E-state index contributed by atoms with van der Waals surface area (Å²) >= 11 is 6.30. The minimum atomic E-state index is 0.0236. The van der Waals surface area contributed by atoms with E-state index in [1.807, 2.05) is 25.1 Å². The summed E-state index contributed by atoms with van der Waals surface area (Å²) < 4.78 is 0. The predicted octanol–water partition coefficient (Wildman–Crippen LogP) is 3.68. The molecule has 0 unspecified atom stereocenters. The van der Waals surface area contributed by atoms with Crippen molar-refractivity contribution in [3.05, 3.63) is 23.2 Å². The zero-order valence-electron chi connectivity index (χ0n) is 10.7. The number of nitrogens with one attached hydrogen (secondary N) is 1. The van der Waals surface area contributed by atoms with Crippen LogP contribution in [0.4, 0.5) is 11.4 Å². The topological polar surface area (TPSA) is 32.3 Å². The average Bonchev–Trinajstić information content (AvgIpc) is 2.40. The van der Waals surface area contributed by atoms with Crippen LogP contribution in [0.2, 0.25) is 5.02 Å². The number of halogens is 1. The van der Waals surface area contributed by atoms with Gasteiger partial charge in [0.05, 0.1) is 16.4 Å². The number of hydrogen-bond acceptors (Lipinski definition) is 2. The number of anilines is 2. The van der Waals surface area contributed by atoms with Crippen LogP contribution >= 0.6 is 11.6 Å². The lowest BCUT2D eigenvalue weighted by Gasteiger charge is -2.31. The molecule has 1 heterocycles. The lowest BCUT2D eigenvalue weighted by molar-refractivity contribution is -0.115. The summed E-state index contributed by atoms with van der Waals surface area (Å²) in [6.45, 7) is 3.87. The Bertz CT molecular complexity index is 428. The number of rotatable bonds is 3. The molecule has 1 amide bonds. The first-order valence-corrected chi connectivity index (χ1v) is 6.93. The Hall–Kier alpha value is -1.22. The van der Waals surface area contributed by atoms with Crippen LogP contribution in [-0.2, 0) is 4.79 Å². The van der Waals surface area contributed by atoms with E-state index < -0.39 is 0 Å². The van der Waals surface area contributed by atoms with E-state index in [9.17, 15) is 4.79 Å². The molecule has 1 fully saturated rings. The van der Waals surface area contributed by atoms with Crippen molar-refractivity contribution in [2.24, 2.45) is 0 Å². The second-order valence-electron chi connectivity index (χ2n) is 4.59. The van der Waals surface area contributed by atoms with E-state index in [0.29, 0.717) is 11.4 Å². The van der Waals surface area contributed by atoms with Crippen LogP contribution < -0.4 is 10.2 Å². The van der Waals surface area contributed by atoms with Gasteiger partial charge in [0.2, 0.25) is 5.91 Å². The van der Waals surface area contributed by atoms with E-state index in [1.54, 1.807) is 0 Å². The zero-order valence-corrected chi connectivity index (χ0v) is 11.5. The van der Waals surface area contributed by atoms with Gasteiger partial charge in [-0.1, -0.05) is 24.6 Å². The highest BCUT2D eigenvalue weighted by molar-refractivity contribution is 6.34. The molecule has 1 saturated heterocycles. The molecule has 0 spiro atoms. The summed E-state index contributed by atoms with van der Waals surface area (Å²) in [5.74, 6) is 0.0236. The Kier molecular flexibility index (Phi) is 4.48. The molecule has 1 aliphatic rings. The summed E-state index contributed by atoms with van der Waals surface area (Å²) in [4.78, 5) is 13.8. The molecule has 4 heteroatoms. The van der Waals surface area contributed by atoms with Gasteiger partial charge in [-0.15, -0.1) is 0 Å². The molecule has 18 heavy (non-hydrogen) atoms. The molecule has 2 rings (SSSR count). The molecule has 0 radical (unpaired) electrons.